The molecule has 1 rings (SSSR count). The molecular weight excluding hydrogens is 273 g/mol. The Morgan fingerprint density at radius 2 is 2.20 bits per heavy atom. The van der Waals surface area contributed by atoms with Crippen LogP contribution < -0.4 is 0 Å². The third-order valence-corrected chi connectivity index (χ3v) is 2.26. The lowest BCUT2D eigenvalue weighted by molar-refractivity contribution is 0.145. The number of nitrogens with zero attached hydrogens (tertiary/aromatic N) is 2. The average molecular weight is 279 g/mol. The highest BCUT2D eigenvalue weighted by molar-refractivity contribution is 9.08. The van der Waals surface area contributed by atoms with Crippen LogP contribution in [0.25, 0.3) is 0 Å². The fourth-order valence-corrected chi connectivity index (χ4v) is 1.45. The van der Waals surface area contributed by atoms with Gasteiger partial charge in [0.25, 0.3) is 6.43 Å². The maximum Gasteiger partial charge on any atom is 0.266 e. The van der Waals surface area contributed by atoms with E-state index in [4.69, 9.17) is 5.26 Å². The van der Waals surface area contributed by atoms with Crippen molar-refractivity contribution in [2.75, 3.05) is 0 Å². The summed E-state index contributed by atoms with van der Waals surface area (Å²) in [6, 6.07) is 2.70. The number of hydrogen-bond donors (Lipinski definition) is 0. The molecule has 15 heavy (non-hydrogen) atoms. The van der Waals surface area contributed by atoms with E-state index < -0.39 is 17.8 Å². The van der Waals surface area contributed by atoms with Gasteiger partial charge in [0, 0.05) is 5.33 Å². The van der Waals surface area contributed by atoms with Gasteiger partial charge in [-0.1, -0.05) is 15.9 Å². The molecule has 80 valence electrons. The number of hydrogen-bond acceptors (Lipinski definition) is 2. The molecule has 0 bridgehead atoms. The number of aromatic nitrogens is 1. The van der Waals surface area contributed by atoms with Crippen molar-refractivity contribution in [3.8, 4) is 6.07 Å². The first-order valence-electron chi connectivity index (χ1n) is 3.99. The summed E-state index contributed by atoms with van der Waals surface area (Å²) >= 11 is 2.95. The second-order valence-corrected chi connectivity index (χ2v) is 3.29. The molecule has 0 atom stereocenters. The number of nitriles is 1. The summed E-state index contributed by atoms with van der Waals surface area (Å²) in [5.41, 5.74) is -0.647. The fraction of sp³-hybridized carbons (Fsp3) is 0.333. The predicted octanol–water partition coefficient (Wildman–Crippen LogP) is 3.12. The molecule has 0 fully saturated rings. The van der Waals surface area contributed by atoms with Crippen molar-refractivity contribution in [3.05, 3.63) is 28.8 Å². The SMILES string of the molecule is N#CCc1cc(C(F)F)c(F)c(CBr)n1. The minimum Gasteiger partial charge on any atom is -0.253 e. The highest BCUT2D eigenvalue weighted by Gasteiger charge is 2.18. The van der Waals surface area contributed by atoms with Gasteiger partial charge in [-0.3, -0.25) is 4.98 Å². The molecule has 0 N–H and O–H groups in total. The van der Waals surface area contributed by atoms with Crippen LogP contribution in [0.2, 0.25) is 0 Å². The van der Waals surface area contributed by atoms with Crippen molar-refractivity contribution in [2.45, 2.75) is 18.2 Å². The Hall–Kier alpha value is -1.09. The Morgan fingerprint density at radius 3 is 2.67 bits per heavy atom. The maximum absolute atomic E-state index is 13.3. The van der Waals surface area contributed by atoms with E-state index in [1.54, 1.807) is 6.07 Å². The standard InChI is InChI=1S/C9H6BrF3N2/c10-4-7-8(11)6(9(12)13)3-5(15-7)1-2-14/h3,9H,1,4H2. The van der Waals surface area contributed by atoms with Gasteiger partial charge in [0.05, 0.1) is 29.4 Å². The Bertz CT molecular complexity index is 401. The van der Waals surface area contributed by atoms with Crippen LogP contribution in [0.4, 0.5) is 13.2 Å². The molecular formula is C9H6BrF3N2. The van der Waals surface area contributed by atoms with Gasteiger partial charge in [-0.15, -0.1) is 0 Å². The van der Waals surface area contributed by atoms with Gasteiger partial charge in [0.2, 0.25) is 0 Å². The molecule has 0 spiro atoms. The van der Waals surface area contributed by atoms with Gasteiger partial charge in [-0.05, 0) is 6.07 Å². The van der Waals surface area contributed by atoms with Gasteiger partial charge < -0.3 is 0 Å². The Kier molecular flexibility index (Phi) is 4.09. The highest BCUT2D eigenvalue weighted by Crippen LogP contribution is 2.25. The molecule has 0 aliphatic heterocycles. The number of pyridine rings is 1. The lowest BCUT2D eigenvalue weighted by Crippen LogP contribution is -2.03. The van der Waals surface area contributed by atoms with E-state index in [2.05, 4.69) is 20.9 Å². The van der Waals surface area contributed by atoms with Crippen molar-refractivity contribution in [1.29, 1.82) is 5.26 Å². The average Bonchev–Trinajstić information content (AvgIpc) is 2.20. The first-order valence-corrected chi connectivity index (χ1v) is 5.11. The summed E-state index contributed by atoms with van der Waals surface area (Å²) in [7, 11) is 0. The lowest BCUT2D eigenvalue weighted by Gasteiger charge is -2.07. The van der Waals surface area contributed by atoms with Crippen LogP contribution in [0.1, 0.15) is 23.4 Å². The molecule has 1 aromatic rings. The van der Waals surface area contributed by atoms with Crippen LogP contribution in [0.15, 0.2) is 6.07 Å². The largest absolute Gasteiger partial charge is 0.266 e. The van der Waals surface area contributed by atoms with E-state index in [1.807, 2.05) is 0 Å². The third kappa shape index (κ3) is 2.69. The molecule has 0 aliphatic carbocycles. The van der Waals surface area contributed by atoms with Crippen molar-refractivity contribution in [3.63, 3.8) is 0 Å². The monoisotopic (exact) mass is 278 g/mol. The third-order valence-electron chi connectivity index (χ3n) is 1.73. The molecule has 6 heteroatoms. The zero-order valence-electron chi connectivity index (χ0n) is 7.48. The summed E-state index contributed by atoms with van der Waals surface area (Å²) in [6.07, 6.45) is -3.01. The molecule has 0 aliphatic rings. The predicted molar refractivity (Wildman–Crippen MR) is 51.1 cm³/mol. The number of halogens is 4. The van der Waals surface area contributed by atoms with Gasteiger partial charge in [-0.2, -0.15) is 5.26 Å². The normalized spacial score (nSPS) is 10.4. The van der Waals surface area contributed by atoms with Crippen molar-refractivity contribution < 1.29 is 13.2 Å². The van der Waals surface area contributed by atoms with Crippen LogP contribution >= 0.6 is 15.9 Å². The fourth-order valence-electron chi connectivity index (χ4n) is 1.08. The molecule has 0 aromatic carbocycles. The molecule has 0 unspecified atom stereocenters. The lowest BCUT2D eigenvalue weighted by atomic mass is 10.1. The molecule has 0 saturated carbocycles. The van der Waals surface area contributed by atoms with Crippen molar-refractivity contribution in [2.24, 2.45) is 0 Å². The number of rotatable bonds is 3. The summed E-state index contributed by atoms with van der Waals surface area (Å²) in [5.74, 6) is -1.01. The minimum atomic E-state index is -2.90. The van der Waals surface area contributed by atoms with Crippen molar-refractivity contribution in [1.82, 2.24) is 4.98 Å². The van der Waals surface area contributed by atoms with E-state index in [-0.39, 0.29) is 23.1 Å². The van der Waals surface area contributed by atoms with E-state index >= 15 is 0 Å². The van der Waals surface area contributed by atoms with Crippen molar-refractivity contribution >= 4 is 15.9 Å². The maximum atomic E-state index is 13.3. The van der Waals surface area contributed by atoms with Gasteiger partial charge in [0.1, 0.15) is 0 Å². The topological polar surface area (TPSA) is 36.7 Å². The summed E-state index contributed by atoms with van der Waals surface area (Å²) in [4.78, 5) is 3.75. The van der Waals surface area contributed by atoms with E-state index in [1.165, 1.54) is 0 Å². The Morgan fingerprint density at radius 1 is 1.53 bits per heavy atom. The Balaban J connectivity index is 3.26. The summed E-state index contributed by atoms with van der Waals surface area (Å²) in [6.45, 7) is 0. The highest BCUT2D eigenvalue weighted by atomic mass is 79.9. The second-order valence-electron chi connectivity index (χ2n) is 2.73. The zero-order valence-corrected chi connectivity index (χ0v) is 9.06. The molecule has 2 nitrogen and oxygen atoms in total. The molecule has 0 amide bonds. The van der Waals surface area contributed by atoms with Gasteiger partial charge >= 0.3 is 0 Å². The molecule has 1 heterocycles. The van der Waals surface area contributed by atoms with E-state index in [9.17, 15) is 13.2 Å². The van der Waals surface area contributed by atoms with Crippen LogP contribution in [0, 0.1) is 17.1 Å². The van der Waals surface area contributed by atoms with E-state index in [0.717, 1.165) is 6.07 Å². The number of alkyl halides is 3. The van der Waals surface area contributed by atoms with Gasteiger partial charge in [-0.25, -0.2) is 13.2 Å². The van der Waals surface area contributed by atoms with Crippen LogP contribution in [-0.2, 0) is 11.8 Å². The Labute approximate surface area is 92.9 Å². The molecule has 0 saturated heterocycles. The molecule has 0 radical (unpaired) electrons. The molecule has 1 aromatic heterocycles. The second kappa shape index (κ2) is 5.12. The summed E-state index contributed by atoms with van der Waals surface area (Å²) < 4.78 is 38.1. The minimum absolute atomic E-state index is 0.0395. The first-order chi connectivity index (χ1) is 7.10. The smallest absolute Gasteiger partial charge is 0.253 e. The van der Waals surface area contributed by atoms with Crippen LogP contribution in [0.3, 0.4) is 0 Å². The summed E-state index contributed by atoms with van der Waals surface area (Å²) in [5, 5.41) is 8.44. The van der Waals surface area contributed by atoms with Gasteiger partial charge in [0.15, 0.2) is 5.82 Å². The van der Waals surface area contributed by atoms with Crippen LogP contribution in [-0.4, -0.2) is 4.98 Å². The van der Waals surface area contributed by atoms with E-state index in [0.29, 0.717) is 0 Å². The quantitative estimate of drug-likeness (QED) is 0.797. The van der Waals surface area contributed by atoms with Crippen LogP contribution in [0.5, 0.6) is 0 Å². The first kappa shape index (κ1) is 12.0. The zero-order chi connectivity index (χ0) is 11.4.